The summed E-state index contributed by atoms with van der Waals surface area (Å²) in [4.78, 5) is 0. The van der Waals surface area contributed by atoms with Gasteiger partial charge in [-0.25, -0.2) is 4.39 Å². The van der Waals surface area contributed by atoms with Crippen LogP contribution in [0.25, 0.3) is 5.69 Å². The largest absolute Gasteiger partial charge is 0.214 e. The van der Waals surface area contributed by atoms with Crippen molar-refractivity contribution in [3.05, 3.63) is 64.9 Å². The molecule has 0 aliphatic carbocycles. The Kier molecular flexibility index (Phi) is 4.17. The maximum absolute atomic E-state index is 13.1. The van der Waals surface area contributed by atoms with Crippen molar-refractivity contribution in [3.8, 4) is 5.69 Å². The fourth-order valence-electron chi connectivity index (χ4n) is 1.79. The number of aromatic nitrogens is 4. The Morgan fingerprint density at radius 2 is 1.95 bits per heavy atom. The van der Waals surface area contributed by atoms with E-state index in [1.165, 1.54) is 23.9 Å². The number of hydrogen-bond acceptors (Lipinski definition) is 4. The minimum atomic E-state index is -0.245. The van der Waals surface area contributed by atoms with Gasteiger partial charge in [0.25, 0.3) is 0 Å². The van der Waals surface area contributed by atoms with Crippen LogP contribution in [0.1, 0.15) is 5.56 Å². The molecule has 0 amide bonds. The van der Waals surface area contributed by atoms with Crippen LogP contribution in [-0.4, -0.2) is 20.2 Å². The van der Waals surface area contributed by atoms with Gasteiger partial charge in [0, 0.05) is 10.8 Å². The van der Waals surface area contributed by atoms with E-state index in [0.29, 0.717) is 15.9 Å². The fraction of sp³-hybridized carbons (Fsp3) is 0.0714. The minimum absolute atomic E-state index is 0.245. The molecule has 0 saturated carbocycles. The van der Waals surface area contributed by atoms with E-state index in [4.69, 9.17) is 11.6 Å². The quantitative estimate of drug-likeness (QED) is 0.687. The summed E-state index contributed by atoms with van der Waals surface area (Å²) in [5.41, 5.74) is 1.71. The van der Waals surface area contributed by atoms with E-state index in [-0.39, 0.29) is 5.82 Å². The number of halogens is 2. The molecule has 0 spiro atoms. The lowest BCUT2D eigenvalue weighted by atomic mass is 10.2. The van der Waals surface area contributed by atoms with Gasteiger partial charge in [0.2, 0.25) is 5.16 Å². The van der Waals surface area contributed by atoms with Crippen LogP contribution >= 0.6 is 23.4 Å². The van der Waals surface area contributed by atoms with Gasteiger partial charge >= 0.3 is 0 Å². The lowest BCUT2D eigenvalue weighted by Gasteiger charge is -2.04. The van der Waals surface area contributed by atoms with Crippen molar-refractivity contribution in [2.45, 2.75) is 10.9 Å². The predicted octanol–water partition coefficient (Wildman–Crippen LogP) is 3.75. The molecule has 21 heavy (non-hydrogen) atoms. The smallest absolute Gasteiger partial charge is 0.207 e. The van der Waals surface area contributed by atoms with Gasteiger partial charge in [0.15, 0.2) is 0 Å². The van der Waals surface area contributed by atoms with Crippen LogP contribution < -0.4 is 0 Å². The number of nitrogens with zero attached hydrogens (tertiary/aromatic N) is 4. The van der Waals surface area contributed by atoms with E-state index >= 15 is 0 Å². The molecule has 106 valence electrons. The van der Waals surface area contributed by atoms with Crippen LogP contribution in [0, 0.1) is 5.82 Å². The second-order valence-electron chi connectivity index (χ2n) is 4.27. The lowest BCUT2D eigenvalue weighted by Crippen LogP contribution is -1.98. The van der Waals surface area contributed by atoms with Crippen LogP contribution in [0.4, 0.5) is 4.39 Å². The highest BCUT2D eigenvalue weighted by Gasteiger charge is 2.09. The van der Waals surface area contributed by atoms with Gasteiger partial charge in [-0.05, 0) is 52.4 Å². The van der Waals surface area contributed by atoms with Gasteiger partial charge < -0.3 is 0 Å². The Morgan fingerprint density at radius 3 is 2.71 bits per heavy atom. The summed E-state index contributed by atoms with van der Waals surface area (Å²) in [6, 6.07) is 13.7. The SMILES string of the molecule is Fc1cccc(CSc2nnnn2-c2ccc(Cl)cc2)c1. The summed E-state index contributed by atoms with van der Waals surface area (Å²) in [5.74, 6) is 0.344. The summed E-state index contributed by atoms with van der Waals surface area (Å²) >= 11 is 7.31. The van der Waals surface area contributed by atoms with E-state index < -0.39 is 0 Å². The zero-order valence-electron chi connectivity index (χ0n) is 10.8. The summed E-state index contributed by atoms with van der Waals surface area (Å²) in [6.07, 6.45) is 0. The van der Waals surface area contributed by atoms with Crippen molar-refractivity contribution in [2.75, 3.05) is 0 Å². The Bertz CT molecular complexity index is 745. The Balaban J connectivity index is 1.78. The van der Waals surface area contributed by atoms with Gasteiger partial charge in [-0.15, -0.1) is 5.10 Å². The Morgan fingerprint density at radius 1 is 1.14 bits per heavy atom. The molecule has 0 aliphatic rings. The third-order valence-electron chi connectivity index (χ3n) is 2.77. The van der Waals surface area contributed by atoms with E-state index in [1.54, 1.807) is 22.9 Å². The van der Waals surface area contributed by atoms with Gasteiger partial charge in [0.1, 0.15) is 5.82 Å². The standard InChI is InChI=1S/C14H10ClFN4S/c15-11-4-6-13(7-5-11)20-14(17-18-19-20)21-9-10-2-1-3-12(16)8-10/h1-8H,9H2. The van der Waals surface area contributed by atoms with E-state index in [2.05, 4.69) is 15.5 Å². The molecule has 0 fully saturated rings. The summed E-state index contributed by atoms with van der Waals surface area (Å²) in [7, 11) is 0. The third-order valence-corrected chi connectivity index (χ3v) is 4.01. The van der Waals surface area contributed by atoms with Crippen LogP contribution in [0.15, 0.2) is 53.7 Å². The van der Waals surface area contributed by atoms with Crippen molar-refractivity contribution in [2.24, 2.45) is 0 Å². The zero-order chi connectivity index (χ0) is 14.7. The number of tetrazole rings is 1. The number of rotatable bonds is 4. The molecule has 0 unspecified atom stereocenters. The maximum atomic E-state index is 13.1. The average Bonchev–Trinajstić information content (AvgIpc) is 2.94. The molecular weight excluding hydrogens is 311 g/mol. The highest BCUT2D eigenvalue weighted by Crippen LogP contribution is 2.23. The highest BCUT2D eigenvalue weighted by molar-refractivity contribution is 7.98. The lowest BCUT2D eigenvalue weighted by molar-refractivity contribution is 0.626. The first kappa shape index (κ1) is 14.0. The van der Waals surface area contributed by atoms with Gasteiger partial charge in [-0.3, -0.25) is 0 Å². The van der Waals surface area contributed by atoms with Crippen molar-refractivity contribution < 1.29 is 4.39 Å². The second kappa shape index (κ2) is 6.24. The number of thioether (sulfide) groups is 1. The fourth-order valence-corrected chi connectivity index (χ4v) is 2.75. The molecule has 0 N–H and O–H groups in total. The van der Waals surface area contributed by atoms with E-state index in [9.17, 15) is 4.39 Å². The normalized spacial score (nSPS) is 10.8. The summed E-state index contributed by atoms with van der Waals surface area (Å²) < 4.78 is 14.8. The first-order valence-electron chi connectivity index (χ1n) is 6.14. The minimum Gasteiger partial charge on any atom is -0.207 e. The molecule has 1 heterocycles. The van der Waals surface area contributed by atoms with Gasteiger partial charge in [-0.1, -0.05) is 35.5 Å². The summed E-state index contributed by atoms with van der Waals surface area (Å²) in [5, 5.41) is 12.9. The molecule has 1 aromatic heterocycles. The Hall–Kier alpha value is -1.92. The molecule has 0 radical (unpaired) electrons. The van der Waals surface area contributed by atoms with Gasteiger partial charge in [0.05, 0.1) is 5.69 Å². The predicted molar refractivity (Wildman–Crippen MR) is 80.1 cm³/mol. The molecule has 0 bridgehead atoms. The van der Waals surface area contributed by atoms with Crippen molar-refractivity contribution in [3.63, 3.8) is 0 Å². The first-order chi connectivity index (χ1) is 10.2. The third kappa shape index (κ3) is 3.40. The molecule has 0 atom stereocenters. The van der Waals surface area contributed by atoms with Crippen molar-refractivity contribution in [1.82, 2.24) is 20.2 Å². The highest BCUT2D eigenvalue weighted by atomic mass is 35.5. The molecular formula is C14H10ClFN4S. The van der Waals surface area contributed by atoms with E-state index in [0.717, 1.165) is 11.3 Å². The first-order valence-corrected chi connectivity index (χ1v) is 7.50. The van der Waals surface area contributed by atoms with Crippen LogP contribution in [0.2, 0.25) is 5.02 Å². The average molecular weight is 321 g/mol. The molecule has 7 heteroatoms. The van der Waals surface area contributed by atoms with Crippen LogP contribution in [0.5, 0.6) is 0 Å². The molecule has 4 nitrogen and oxygen atoms in total. The molecule has 3 aromatic rings. The molecule has 0 saturated heterocycles. The van der Waals surface area contributed by atoms with Crippen molar-refractivity contribution >= 4 is 23.4 Å². The zero-order valence-corrected chi connectivity index (χ0v) is 12.4. The Labute approximate surface area is 129 Å². The molecule has 0 aliphatic heterocycles. The maximum Gasteiger partial charge on any atom is 0.214 e. The molecule has 3 rings (SSSR count). The topological polar surface area (TPSA) is 43.6 Å². The van der Waals surface area contributed by atoms with Gasteiger partial charge in [-0.2, -0.15) is 4.68 Å². The van der Waals surface area contributed by atoms with Crippen LogP contribution in [-0.2, 0) is 5.75 Å². The second-order valence-corrected chi connectivity index (χ2v) is 5.65. The van der Waals surface area contributed by atoms with E-state index in [1.807, 2.05) is 18.2 Å². The summed E-state index contributed by atoms with van der Waals surface area (Å²) in [6.45, 7) is 0. The monoisotopic (exact) mass is 320 g/mol. The molecule has 2 aromatic carbocycles. The number of benzene rings is 2. The van der Waals surface area contributed by atoms with Crippen molar-refractivity contribution in [1.29, 1.82) is 0 Å². The number of hydrogen-bond donors (Lipinski definition) is 0. The van der Waals surface area contributed by atoms with Crippen LogP contribution in [0.3, 0.4) is 0 Å².